The Hall–Kier alpha value is -2.33. The summed E-state index contributed by atoms with van der Waals surface area (Å²) in [6, 6.07) is 17.2. The number of benzene rings is 2. The van der Waals surface area contributed by atoms with Crippen molar-refractivity contribution in [2.24, 2.45) is 11.8 Å². The number of carbonyl (C=O) groups excluding carboxylic acids is 1. The molecule has 1 heterocycles. The van der Waals surface area contributed by atoms with E-state index in [9.17, 15) is 4.79 Å². The summed E-state index contributed by atoms with van der Waals surface area (Å²) in [5.74, 6) is 1.84. The molecule has 0 aromatic heterocycles. The van der Waals surface area contributed by atoms with Gasteiger partial charge in [0.1, 0.15) is 5.75 Å². The molecule has 4 atom stereocenters. The molecule has 0 radical (unpaired) electrons. The molecule has 184 valence electrons. The quantitative estimate of drug-likeness (QED) is 0.526. The molecule has 4 rings (SSSR count). The van der Waals surface area contributed by atoms with Crippen molar-refractivity contribution in [2.45, 2.75) is 90.4 Å². The van der Waals surface area contributed by atoms with Crippen molar-refractivity contribution in [3.63, 3.8) is 0 Å². The molecule has 34 heavy (non-hydrogen) atoms. The Morgan fingerprint density at radius 3 is 2.44 bits per heavy atom. The first-order chi connectivity index (χ1) is 16.3. The second kappa shape index (κ2) is 10.5. The summed E-state index contributed by atoms with van der Waals surface area (Å²) in [7, 11) is 1.73. The summed E-state index contributed by atoms with van der Waals surface area (Å²) in [6.45, 7) is 9.65. The first-order valence-corrected chi connectivity index (χ1v) is 13.1. The zero-order valence-corrected chi connectivity index (χ0v) is 21.6. The van der Waals surface area contributed by atoms with E-state index >= 15 is 0 Å². The molecule has 4 nitrogen and oxygen atoms in total. The van der Waals surface area contributed by atoms with Crippen molar-refractivity contribution in [1.82, 2.24) is 10.2 Å². The minimum Gasteiger partial charge on any atom is -0.496 e. The highest BCUT2D eigenvalue weighted by Crippen LogP contribution is 2.40. The maximum Gasteiger partial charge on any atom is 0.227 e. The normalized spacial score (nSPS) is 25.4. The van der Waals surface area contributed by atoms with E-state index in [1.165, 1.54) is 24.0 Å². The lowest BCUT2D eigenvalue weighted by Crippen LogP contribution is -2.49. The number of hydrogen-bond acceptors (Lipinski definition) is 3. The van der Waals surface area contributed by atoms with E-state index < -0.39 is 0 Å². The van der Waals surface area contributed by atoms with Gasteiger partial charge in [0.2, 0.25) is 5.91 Å². The van der Waals surface area contributed by atoms with Crippen LogP contribution >= 0.6 is 0 Å². The Morgan fingerprint density at radius 1 is 1.03 bits per heavy atom. The van der Waals surface area contributed by atoms with E-state index in [1.807, 2.05) is 0 Å². The number of nitrogens with one attached hydrogen (secondary N) is 1. The number of likely N-dealkylation sites (tertiary alicyclic amines) is 1. The highest BCUT2D eigenvalue weighted by atomic mass is 16.5. The lowest BCUT2D eigenvalue weighted by Gasteiger charge is -2.37. The Balaban J connectivity index is 1.58. The predicted molar refractivity (Wildman–Crippen MR) is 139 cm³/mol. The average Bonchev–Trinajstić information content (AvgIpc) is 3.26. The van der Waals surface area contributed by atoms with Gasteiger partial charge in [-0.2, -0.15) is 0 Å². The van der Waals surface area contributed by atoms with Crippen LogP contribution in [-0.2, 0) is 16.8 Å². The van der Waals surface area contributed by atoms with Gasteiger partial charge in [0.25, 0.3) is 0 Å². The smallest absolute Gasteiger partial charge is 0.227 e. The molecule has 1 saturated heterocycles. The van der Waals surface area contributed by atoms with Gasteiger partial charge >= 0.3 is 0 Å². The van der Waals surface area contributed by atoms with Crippen LogP contribution in [0.1, 0.15) is 89.0 Å². The molecule has 1 aliphatic heterocycles. The van der Waals surface area contributed by atoms with E-state index in [2.05, 4.69) is 86.4 Å². The number of amides is 1. The number of carbonyl (C=O) groups is 1. The predicted octanol–water partition coefficient (Wildman–Crippen LogP) is 6.60. The van der Waals surface area contributed by atoms with Gasteiger partial charge in [-0.15, -0.1) is 0 Å². The fourth-order valence-corrected chi connectivity index (χ4v) is 5.81. The molecule has 4 heteroatoms. The van der Waals surface area contributed by atoms with E-state index in [0.29, 0.717) is 18.4 Å². The first kappa shape index (κ1) is 24.8. The average molecular weight is 463 g/mol. The van der Waals surface area contributed by atoms with Gasteiger partial charge in [-0.05, 0) is 54.2 Å². The molecule has 1 N–H and O–H groups in total. The second-order valence-electron chi connectivity index (χ2n) is 11.3. The van der Waals surface area contributed by atoms with Crippen molar-refractivity contribution < 1.29 is 9.53 Å². The molecule has 0 bridgehead atoms. The Morgan fingerprint density at radius 2 is 1.76 bits per heavy atom. The number of hydrogen-bond donors (Lipinski definition) is 1. The SMILES string of the molecule is COc1ccc(C(C)(C)C)cc1CNC1CCC(c2ccccc2)N1C(=O)C1CCCCC1C. The standard InChI is InChI=1S/C30H42N2O2/c1-21-11-9-10-14-25(21)29(33)32-26(22-12-7-6-8-13-22)16-18-28(32)31-20-23-19-24(30(2,3)4)15-17-27(23)34-5/h6-8,12-13,15,17,19,21,25-26,28,31H,9-11,14,16,18,20H2,1-5H3. The molecule has 4 unspecified atom stereocenters. The van der Waals surface area contributed by atoms with Crippen molar-refractivity contribution in [1.29, 1.82) is 0 Å². The molecule has 2 aromatic rings. The van der Waals surface area contributed by atoms with Crippen LogP contribution in [0.25, 0.3) is 0 Å². The number of ether oxygens (including phenoxy) is 1. The fraction of sp³-hybridized carbons (Fsp3) is 0.567. The molecule has 1 amide bonds. The van der Waals surface area contributed by atoms with Crippen LogP contribution in [0.4, 0.5) is 0 Å². The zero-order chi connectivity index (χ0) is 24.3. The molecule has 1 aliphatic carbocycles. The van der Waals surface area contributed by atoms with Crippen LogP contribution in [0.3, 0.4) is 0 Å². The molecule has 2 aliphatic rings. The van der Waals surface area contributed by atoms with Crippen LogP contribution in [0.15, 0.2) is 48.5 Å². The van der Waals surface area contributed by atoms with E-state index in [-0.39, 0.29) is 23.5 Å². The topological polar surface area (TPSA) is 41.6 Å². The van der Waals surface area contributed by atoms with Gasteiger partial charge in [-0.3, -0.25) is 10.1 Å². The van der Waals surface area contributed by atoms with Gasteiger partial charge in [0, 0.05) is 18.0 Å². The van der Waals surface area contributed by atoms with Crippen molar-refractivity contribution >= 4 is 5.91 Å². The molecule has 1 saturated carbocycles. The fourth-order valence-electron chi connectivity index (χ4n) is 5.81. The van der Waals surface area contributed by atoms with Crippen LogP contribution < -0.4 is 10.1 Å². The third-order valence-corrected chi connectivity index (χ3v) is 7.93. The maximum absolute atomic E-state index is 14.0. The Labute approximate surface area is 206 Å². The number of methoxy groups -OCH3 is 1. The lowest BCUT2D eigenvalue weighted by molar-refractivity contribution is -0.142. The van der Waals surface area contributed by atoms with E-state index in [4.69, 9.17) is 4.74 Å². The van der Waals surface area contributed by atoms with Gasteiger partial charge in [0.15, 0.2) is 0 Å². The molecular formula is C30H42N2O2. The third kappa shape index (κ3) is 5.33. The van der Waals surface area contributed by atoms with Gasteiger partial charge in [-0.1, -0.05) is 83.0 Å². The van der Waals surface area contributed by atoms with Crippen LogP contribution in [0, 0.1) is 11.8 Å². The summed E-state index contributed by atoms with van der Waals surface area (Å²) in [4.78, 5) is 16.2. The van der Waals surface area contributed by atoms with Gasteiger partial charge in [-0.25, -0.2) is 0 Å². The van der Waals surface area contributed by atoms with Crippen molar-refractivity contribution in [2.75, 3.05) is 7.11 Å². The Bertz CT molecular complexity index is 966. The zero-order valence-electron chi connectivity index (χ0n) is 21.6. The van der Waals surface area contributed by atoms with Gasteiger partial charge in [0.05, 0.1) is 19.3 Å². The van der Waals surface area contributed by atoms with Crippen molar-refractivity contribution in [3.8, 4) is 5.75 Å². The monoisotopic (exact) mass is 462 g/mol. The van der Waals surface area contributed by atoms with Crippen LogP contribution in [0.5, 0.6) is 5.75 Å². The summed E-state index contributed by atoms with van der Waals surface area (Å²) >= 11 is 0. The van der Waals surface area contributed by atoms with E-state index in [1.54, 1.807) is 7.11 Å². The van der Waals surface area contributed by atoms with Crippen LogP contribution in [-0.4, -0.2) is 24.1 Å². The summed E-state index contributed by atoms with van der Waals surface area (Å²) < 4.78 is 5.68. The number of nitrogens with zero attached hydrogens (tertiary/aromatic N) is 1. The second-order valence-corrected chi connectivity index (χ2v) is 11.3. The van der Waals surface area contributed by atoms with Crippen molar-refractivity contribution in [3.05, 3.63) is 65.2 Å². The summed E-state index contributed by atoms with van der Waals surface area (Å²) in [5, 5.41) is 3.76. The minimum atomic E-state index is 0.0369. The van der Waals surface area contributed by atoms with E-state index in [0.717, 1.165) is 37.0 Å². The number of rotatable bonds is 6. The molecule has 0 spiro atoms. The maximum atomic E-state index is 14.0. The first-order valence-electron chi connectivity index (χ1n) is 13.1. The third-order valence-electron chi connectivity index (χ3n) is 7.93. The minimum absolute atomic E-state index is 0.0369. The largest absolute Gasteiger partial charge is 0.496 e. The highest BCUT2D eigenvalue weighted by molar-refractivity contribution is 5.80. The Kier molecular flexibility index (Phi) is 7.67. The summed E-state index contributed by atoms with van der Waals surface area (Å²) in [5.41, 5.74) is 3.77. The van der Waals surface area contributed by atoms with Gasteiger partial charge < -0.3 is 9.64 Å². The summed E-state index contributed by atoms with van der Waals surface area (Å²) in [6.07, 6.45) is 6.59. The molecule has 2 aromatic carbocycles. The lowest BCUT2D eigenvalue weighted by atomic mass is 9.79. The molecule has 2 fully saturated rings. The molecular weight excluding hydrogens is 420 g/mol. The highest BCUT2D eigenvalue weighted by Gasteiger charge is 2.42. The van der Waals surface area contributed by atoms with Crippen LogP contribution in [0.2, 0.25) is 0 Å².